The van der Waals surface area contributed by atoms with Gasteiger partial charge in [-0.15, -0.1) is 0 Å². The largest absolute Gasteiger partial charge is 0.491 e. The molecule has 0 aromatic heterocycles. The first-order valence-corrected chi connectivity index (χ1v) is 10.3. The molecule has 0 unspecified atom stereocenters. The molecule has 0 saturated heterocycles. The van der Waals surface area contributed by atoms with Crippen molar-refractivity contribution in [3.05, 3.63) is 77.9 Å². The van der Waals surface area contributed by atoms with Gasteiger partial charge < -0.3 is 24.4 Å². The number of nitrogens with one attached hydrogen (secondary N) is 1. The number of methoxy groups -OCH3 is 1. The van der Waals surface area contributed by atoms with E-state index in [-0.39, 0.29) is 13.2 Å². The monoisotopic (exact) mass is 457 g/mol. The highest BCUT2D eigenvalue weighted by Crippen LogP contribution is 2.33. The average molecular weight is 457 g/mol. The Bertz CT molecular complexity index is 944. The number of carboxylic acids is 1. The van der Waals surface area contributed by atoms with E-state index in [0.717, 1.165) is 6.08 Å². The number of carbonyl (C=O) groups excluding carboxylic acids is 2. The minimum Gasteiger partial charge on any atom is -0.491 e. The van der Waals surface area contributed by atoms with Crippen LogP contribution in [-0.2, 0) is 14.3 Å². The summed E-state index contributed by atoms with van der Waals surface area (Å²) in [6.45, 7) is -0.180. The standard InChI is InChI=1S/C24H27NO8/c1-31-20(13-7-8-14-21(27)28)22(18-11-5-6-12-19(18)32-16-15-26)33-24(30)25-23(29)17-9-3-2-4-10-17/h2-6,8-12,14,20,22,26H,7,13,15-16H2,1H3,(H,27,28)(H,25,29,30)/b14-8+/t20-,22-/m0/s1. The van der Waals surface area contributed by atoms with Crippen molar-refractivity contribution in [2.75, 3.05) is 20.3 Å². The summed E-state index contributed by atoms with van der Waals surface area (Å²) in [6.07, 6.45) is 0.513. The van der Waals surface area contributed by atoms with Crippen molar-refractivity contribution in [2.24, 2.45) is 0 Å². The van der Waals surface area contributed by atoms with Crippen LogP contribution in [0.2, 0.25) is 0 Å². The third-order valence-corrected chi connectivity index (χ3v) is 4.58. The van der Waals surface area contributed by atoms with E-state index in [1.54, 1.807) is 54.6 Å². The number of allylic oxidation sites excluding steroid dienone is 1. The molecule has 0 saturated carbocycles. The number of carbonyl (C=O) groups is 3. The Labute approximate surface area is 191 Å². The van der Waals surface area contributed by atoms with Gasteiger partial charge in [-0.25, -0.2) is 9.59 Å². The van der Waals surface area contributed by atoms with Crippen molar-refractivity contribution >= 4 is 18.0 Å². The molecule has 0 fully saturated rings. The molecule has 0 aliphatic rings. The molecule has 2 atom stereocenters. The van der Waals surface area contributed by atoms with Gasteiger partial charge >= 0.3 is 12.1 Å². The molecule has 3 N–H and O–H groups in total. The molecule has 9 heteroatoms. The SMILES string of the molecule is CO[C@@H](CC/C=C/C(=O)O)[C@@H](OC(=O)NC(=O)c1ccccc1)c1ccccc1OCCO. The van der Waals surface area contributed by atoms with Crippen LogP contribution in [-0.4, -0.2) is 54.6 Å². The number of benzene rings is 2. The zero-order valence-corrected chi connectivity index (χ0v) is 18.2. The number of aliphatic carboxylic acids is 1. The fraction of sp³-hybridized carbons (Fsp3) is 0.292. The third-order valence-electron chi connectivity index (χ3n) is 4.58. The normalized spacial score (nSPS) is 12.7. The van der Waals surface area contributed by atoms with Crippen LogP contribution in [0.25, 0.3) is 0 Å². The summed E-state index contributed by atoms with van der Waals surface area (Å²) in [4.78, 5) is 35.6. The van der Waals surface area contributed by atoms with Crippen LogP contribution in [0.1, 0.15) is 34.9 Å². The highest BCUT2D eigenvalue weighted by atomic mass is 16.6. The molecule has 0 spiro atoms. The molecule has 2 aromatic rings. The van der Waals surface area contributed by atoms with Gasteiger partial charge in [-0.2, -0.15) is 0 Å². The number of aliphatic hydroxyl groups is 1. The lowest BCUT2D eigenvalue weighted by atomic mass is 9.99. The zero-order chi connectivity index (χ0) is 24.1. The number of imide groups is 1. The predicted molar refractivity (Wildman–Crippen MR) is 119 cm³/mol. The Morgan fingerprint density at radius 3 is 2.42 bits per heavy atom. The maximum absolute atomic E-state index is 12.6. The maximum atomic E-state index is 12.6. The Kier molecular flexibility index (Phi) is 10.6. The first-order valence-electron chi connectivity index (χ1n) is 10.3. The fourth-order valence-electron chi connectivity index (χ4n) is 3.08. The molecular formula is C24H27NO8. The molecule has 2 amide bonds. The van der Waals surface area contributed by atoms with Crippen molar-refractivity contribution in [3.63, 3.8) is 0 Å². The van der Waals surface area contributed by atoms with E-state index >= 15 is 0 Å². The highest BCUT2D eigenvalue weighted by Gasteiger charge is 2.30. The summed E-state index contributed by atoms with van der Waals surface area (Å²) in [5, 5.41) is 20.1. The molecule has 33 heavy (non-hydrogen) atoms. The highest BCUT2D eigenvalue weighted by molar-refractivity contribution is 6.02. The van der Waals surface area contributed by atoms with Gasteiger partial charge in [0, 0.05) is 24.3 Å². The van der Waals surface area contributed by atoms with Crippen molar-refractivity contribution in [3.8, 4) is 5.75 Å². The molecule has 0 aliphatic carbocycles. The second-order valence-electron chi connectivity index (χ2n) is 6.85. The van der Waals surface area contributed by atoms with Crippen LogP contribution in [0.5, 0.6) is 5.75 Å². The summed E-state index contributed by atoms with van der Waals surface area (Å²) in [5.74, 6) is -1.32. The van der Waals surface area contributed by atoms with Gasteiger partial charge in [0.2, 0.25) is 0 Å². The van der Waals surface area contributed by atoms with E-state index in [0.29, 0.717) is 29.7 Å². The average Bonchev–Trinajstić information content (AvgIpc) is 2.82. The van der Waals surface area contributed by atoms with Crippen molar-refractivity contribution in [1.29, 1.82) is 0 Å². The number of hydrogen-bond donors (Lipinski definition) is 3. The lowest BCUT2D eigenvalue weighted by molar-refractivity contribution is -0.131. The van der Waals surface area contributed by atoms with Gasteiger partial charge in [0.15, 0.2) is 6.10 Å². The lowest BCUT2D eigenvalue weighted by Crippen LogP contribution is -2.35. The Morgan fingerprint density at radius 2 is 1.76 bits per heavy atom. The molecule has 2 aromatic carbocycles. The number of aliphatic hydroxyl groups excluding tert-OH is 1. The number of hydrogen-bond acceptors (Lipinski definition) is 7. The number of ether oxygens (including phenoxy) is 3. The second kappa shape index (κ2) is 13.7. The van der Waals surface area contributed by atoms with Gasteiger partial charge in [0.25, 0.3) is 5.91 Å². The van der Waals surface area contributed by atoms with E-state index < -0.39 is 30.2 Å². The third kappa shape index (κ3) is 8.40. The van der Waals surface area contributed by atoms with Crippen LogP contribution in [0.4, 0.5) is 4.79 Å². The summed E-state index contributed by atoms with van der Waals surface area (Å²) < 4.78 is 16.7. The van der Waals surface area contributed by atoms with Gasteiger partial charge in [-0.1, -0.05) is 42.5 Å². The van der Waals surface area contributed by atoms with Crippen molar-refractivity contribution in [2.45, 2.75) is 25.0 Å². The Balaban J connectivity index is 2.25. The smallest absolute Gasteiger partial charge is 0.414 e. The van der Waals surface area contributed by atoms with Gasteiger partial charge in [0.05, 0.1) is 12.7 Å². The topological polar surface area (TPSA) is 131 Å². The maximum Gasteiger partial charge on any atom is 0.414 e. The molecule has 176 valence electrons. The number of para-hydroxylation sites is 1. The summed E-state index contributed by atoms with van der Waals surface area (Å²) in [6, 6.07) is 15.0. The molecule has 9 nitrogen and oxygen atoms in total. The van der Waals surface area contributed by atoms with Crippen LogP contribution in [0.3, 0.4) is 0 Å². The quantitative estimate of drug-likeness (QED) is 0.414. The zero-order valence-electron chi connectivity index (χ0n) is 18.2. The molecular weight excluding hydrogens is 430 g/mol. The van der Waals surface area contributed by atoms with E-state index in [9.17, 15) is 14.4 Å². The fourth-order valence-corrected chi connectivity index (χ4v) is 3.08. The van der Waals surface area contributed by atoms with E-state index in [2.05, 4.69) is 5.32 Å². The first-order chi connectivity index (χ1) is 16.0. The van der Waals surface area contributed by atoms with Gasteiger partial charge in [-0.05, 0) is 31.0 Å². The van der Waals surface area contributed by atoms with Crippen LogP contribution in [0.15, 0.2) is 66.7 Å². The van der Waals surface area contributed by atoms with E-state index in [1.807, 2.05) is 0 Å². The molecule has 0 radical (unpaired) electrons. The summed E-state index contributed by atoms with van der Waals surface area (Å²) in [5.41, 5.74) is 0.766. The van der Waals surface area contributed by atoms with E-state index in [4.69, 9.17) is 24.4 Å². The predicted octanol–water partition coefficient (Wildman–Crippen LogP) is 3.10. The molecule has 2 rings (SSSR count). The second-order valence-corrected chi connectivity index (χ2v) is 6.85. The van der Waals surface area contributed by atoms with Gasteiger partial charge in [-0.3, -0.25) is 10.1 Å². The number of amides is 2. The van der Waals surface area contributed by atoms with Crippen molar-refractivity contribution < 1.29 is 38.8 Å². The number of alkyl carbamates (subject to hydrolysis) is 1. The summed E-state index contributed by atoms with van der Waals surface area (Å²) in [7, 11) is 1.44. The van der Waals surface area contributed by atoms with Crippen LogP contribution in [0, 0.1) is 0 Å². The van der Waals surface area contributed by atoms with Gasteiger partial charge in [0.1, 0.15) is 12.4 Å². The number of carboxylic acid groups (broad SMARTS) is 1. The lowest BCUT2D eigenvalue weighted by Gasteiger charge is -2.27. The number of rotatable bonds is 12. The summed E-state index contributed by atoms with van der Waals surface area (Å²) >= 11 is 0. The van der Waals surface area contributed by atoms with E-state index in [1.165, 1.54) is 13.2 Å². The van der Waals surface area contributed by atoms with Crippen LogP contribution >= 0.6 is 0 Å². The Hall–Kier alpha value is -3.69. The van der Waals surface area contributed by atoms with Crippen molar-refractivity contribution in [1.82, 2.24) is 5.32 Å². The Morgan fingerprint density at radius 1 is 1.06 bits per heavy atom. The minimum absolute atomic E-state index is 0.0292. The molecule has 0 heterocycles. The molecule has 0 aliphatic heterocycles. The van der Waals surface area contributed by atoms with Crippen LogP contribution < -0.4 is 10.1 Å². The first kappa shape index (κ1) is 25.6. The minimum atomic E-state index is -1.07. The molecule has 0 bridgehead atoms.